The smallest absolute Gasteiger partial charge is 0.260 e. The fraction of sp³-hybridized carbons (Fsp3) is 0.333. The molecule has 4 heteroatoms. The van der Waals surface area contributed by atoms with E-state index in [1.54, 1.807) is 6.08 Å². The lowest BCUT2D eigenvalue weighted by Gasteiger charge is -2.20. The molecular weight excluding hydrogens is 242 g/mol. The van der Waals surface area contributed by atoms with Crippen LogP contribution in [0.15, 0.2) is 36.4 Å². The topological polar surface area (TPSA) is 46.6 Å². The van der Waals surface area contributed by atoms with E-state index in [2.05, 4.69) is 0 Å². The first-order chi connectivity index (χ1) is 9.25. The third kappa shape index (κ3) is 2.31. The van der Waals surface area contributed by atoms with E-state index in [1.165, 1.54) is 11.0 Å². The minimum absolute atomic E-state index is 0.190. The molecule has 2 fully saturated rings. The minimum Gasteiger partial charge on any atom is -0.345 e. The number of imide groups is 1. The van der Waals surface area contributed by atoms with Crippen LogP contribution in [0.1, 0.15) is 24.8 Å². The van der Waals surface area contributed by atoms with Crippen molar-refractivity contribution >= 4 is 17.9 Å². The van der Waals surface area contributed by atoms with Crippen molar-refractivity contribution in [1.82, 2.24) is 4.90 Å². The van der Waals surface area contributed by atoms with Gasteiger partial charge in [-0.2, -0.15) is 0 Å². The third-order valence-corrected chi connectivity index (χ3v) is 3.49. The number of fused-ring (bicyclic) bond motifs is 2. The second kappa shape index (κ2) is 4.97. The first-order valence-corrected chi connectivity index (χ1v) is 6.51. The third-order valence-electron chi connectivity index (χ3n) is 3.49. The molecule has 98 valence electrons. The number of rotatable bonds is 2. The normalized spacial score (nSPS) is 26.1. The van der Waals surface area contributed by atoms with Crippen molar-refractivity contribution < 1.29 is 14.3 Å². The molecule has 2 aliphatic heterocycles. The Bertz CT molecular complexity index is 523. The van der Waals surface area contributed by atoms with Gasteiger partial charge >= 0.3 is 0 Å². The van der Waals surface area contributed by atoms with Gasteiger partial charge in [0.05, 0.1) is 0 Å². The summed E-state index contributed by atoms with van der Waals surface area (Å²) in [4.78, 5) is 25.4. The van der Waals surface area contributed by atoms with Gasteiger partial charge in [-0.05, 0) is 30.9 Å². The van der Waals surface area contributed by atoms with Crippen molar-refractivity contribution in [2.24, 2.45) is 0 Å². The molecule has 0 radical (unpaired) electrons. The zero-order valence-corrected chi connectivity index (χ0v) is 10.5. The standard InChI is InChI=1S/C15H15NO3/c17-13(10-9-11-5-2-1-3-6-11)16-14-8-4-7-12(19-14)15(16)18/h1-3,5-6,9-10,12,14H,4,7-8H2/b10-9+/t12-,14+/m1/s1. The summed E-state index contributed by atoms with van der Waals surface area (Å²) in [6, 6.07) is 9.54. The van der Waals surface area contributed by atoms with Crippen molar-refractivity contribution in [3.05, 3.63) is 42.0 Å². The van der Waals surface area contributed by atoms with Crippen LogP contribution in [0.3, 0.4) is 0 Å². The largest absolute Gasteiger partial charge is 0.345 e. The van der Waals surface area contributed by atoms with Crippen molar-refractivity contribution in [2.75, 3.05) is 0 Å². The molecule has 0 saturated carbocycles. The van der Waals surface area contributed by atoms with E-state index in [9.17, 15) is 9.59 Å². The molecule has 4 nitrogen and oxygen atoms in total. The van der Waals surface area contributed by atoms with Gasteiger partial charge in [0.2, 0.25) is 0 Å². The maximum absolute atomic E-state index is 12.1. The molecule has 19 heavy (non-hydrogen) atoms. The van der Waals surface area contributed by atoms with Gasteiger partial charge in [-0.1, -0.05) is 30.3 Å². The number of hydrogen-bond donors (Lipinski definition) is 0. The van der Waals surface area contributed by atoms with Crippen LogP contribution in [0, 0.1) is 0 Å². The molecule has 0 spiro atoms. The summed E-state index contributed by atoms with van der Waals surface area (Å²) >= 11 is 0. The molecule has 0 aliphatic carbocycles. The molecule has 2 saturated heterocycles. The Morgan fingerprint density at radius 2 is 2.05 bits per heavy atom. The molecule has 1 aromatic carbocycles. The summed E-state index contributed by atoms with van der Waals surface area (Å²) in [5.74, 6) is -0.478. The quantitative estimate of drug-likeness (QED) is 0.761. The summed E-state index contributed by atoms with van der Waals surface area (Å²) in [5, 5.41) is 0. The van der Waals surface area contributed by atoms with Crippen LogP contribution in [-0.4, -0.2) is 29.0 Å². The van der Waals surface area contributed by atoms with Gasteiger partial charge in [-0.15, -0.1) is 0 Å². The van der Waals surface area contributed by atoms with Gasteiger partial charge in [0.1, 0.15) is 12.3 Å². The van der Waals surface area contributed by atoms with E-state index in [4.69, 9.17) is 4.74 Å². The Balaban J connectivity index is 1.74. The van der Waals surface area contributed by atoms with Crippen LogP contribution in [0.25, 0.3) is 6.08 Å². The van der Waals surface area contributed by atoms with Gasteiger partial charge in [0, 0.05) is 6.08 Å². The van der Waals surface area contributed by atoms with Crippen molar-refractivity contribution in [2.45, 2.75) is 31.6 Å². The highest BCUT2D eigenvalue weighted by atomic mass is 16.5. The molecule has 0 unspecified atom stereocenters. The zero-order chi connectivity index (χ0) is 13.2. The summed E-state index contributed by atoms with van der Waals surface area (Å²) in [5.41, 5.74) is 0.936. The van der Waals surface area contributed by atoms with E-state index < -0.39 is 6.10 Å². The fourth-order valence-electron chi connectivity index (χ4n) is 2.53. The van der Waals surface area contributed by atoms with E-state index in [-0.39, 0.29) is 18.0 Å². The van der Waals surface area contributed by atoms with Crippen molar-refractivity contribution in [3.63, 3.8) is 0 Å². The van der Waals surface area contributed by atoms with Crippen LogP contribution in [-0.2, 0) is 14.3 Å². The predicted octanol–water partition coefficient (Wildman–Crippen LogP) is 1.96. The first-order valence-electron chi connectivity index (χ1n) is 6.51. The van der Waals surface area contributed by atoms with E-state index in [0.717, 1.165) is 24.8 Å². The maximum atomic E-state index is 12.1. The average Bonchev–Trinajstić information content (AvgIpc) is 2.67. The minimum atomic E-state index is -0.409. The number of benzene rings is 1. The Hall–Kier alpha value is -1.94. The monoisotopic (exact) mass is 257 g/mol. The highest BCUT2D eigenvalue weighted by molar-refractivity contribution is 6.05. The second-order valence-corrected chi connectivity index (χ2v) is 4.80. The Morgan fingerprint density at radius 1 is 1.26 bits per heavy atom. The van der Waals surface area contributed by atoms with Gasteiger partial charge in [-0.3, -0.25) is 9.59 Å². The second-order valence-electron chi connectivity index (χ2n) is 4.80. The number of nitrogens with zero attached hydrogens (tertiary/aromatic N) is 1. The van der Waals surface area contributed by atoms with E-state index in [1.807, 2.05) is 30.3 Å². The van der Waals surface area contributed by atoms with Crippen LogP contribution < -0.4 is 0 Å². The lowest BCUT2D eigenvalue weighted by molar-refractivity contribution is -0.141. The summed E-state index contributed by atoms with van der Waals surface area (Å²) in [6.45, 7) is 0. The maximum Gasteiger partial charge on any atom is 0.260 e. The molecule has 2 aliphatic rings. The highest BCUT2D eigenvalue weighted by Gasteiger charge is 2.45. The molecule has 0 N–H and O–H groups in total. The van der Waals surface area contributed by atoms with Crippen LogP contribution in [0.2, 0.25) is 0 Å². The number of amides is 2. The number of hydrogen-bond acceptors (Lipinski definition) is 3. The van der Waals surface area contributed by atoms with Gasteiger partial charge in [0.25, 0.3) is 11.8 Å². The number of carbonyl (C=O) groups excluding carboxylic acids is 2. The van der Waals surface area contributed by atoms with Crippen molar-refractivity contribution in [3.8, 4) is 0 Å². The molecule has 2 bridgehead atoms. The van der Waals surface area contributed by atoms with Crippen LogP contribution in [0.4, 0.5) is 0 Å². The van der Waals surface area contributed by atoms with E-state index >= 15 is 0 Å². The molecule has 2 heterocycles. The summed E-state index contributed by atoms with van der Waals surface area (Å²) < 4.78 is 5.52. The molecule has 2 amide bonds. The summed E-state index contributed by atoms with van der Waals surface area (Å²) in [7, 11) is 0. The Labute approximate surface area is 111 Å². The van der Waals surface area contributed by atoms with Crippen LogP contribution >= 0.6 is 0 Å². The van der Waals surface area contributed by atoms with Gasteiger partial charge < -0.3 is 4.74 Å². The first kappa shape index (κ1) is 12.1. The zero-order valence-electron chi connectivity index (χ0n) is 10.5. The van der Waals surface area contributed by atoms with Gasteiger partial charge in [-0.25, -0.2) is 4.90 Å². The SMILES string of the molecule is O=C(/C=C/c1ccccc1)N1C(=O)[C@H]2CCC[C@@H]1O2. The highest BCUT2D eigenvalue weighted by Crippen LogP contribution is 2.30. The number of ether oxygens (including phenoxy) is 1. The number of likely N-dealkylation sites (tertiary alicyclic amines) is 1. The summed E-state index contributed by atoms with van der Waals surface area (Å²) in [6.07, 6.45) is 4.80. The van der Waals surface area contributed by atoms with Gasteiger partial charge in [0.15, 0.2) is 0 Å². The Morgan fingerprint density at radius 3 is 2.79 bits per heavy atom. The lowest BCUT2D eigenvalue weighted by atomic mass is 10.1. The van der Waals surface area contributed by atoms with E-state index in [0.29, 0.717) is 0 Å². The molecule has 3 rings (SSSR count). The molecular formula is C15H15NO3. The Kier molecular flexibility index (Phi) is 3.17. The molecule has 2 atom stereocenters. The molecule has 1 aromatic rings. The molecule has 0 aromatic heterocycles. The van der Waals surface area contributed by atoms with Crippen molar-refractivity contribution in [1.29, 1.82) is 0 Å². The average molecular weight is 257 g/mol. The fourth-order valence-corrected chi connectivity index (χ4v) is 2.53. The van der Waals surface area contributed by atoms with Crippen LogP contribution in [0.5, 0.6) is 0 Å². The number of carbonyl (C=O) groups is 2. The lowest BCUT2D eigenvalue weighted by Crippen LogP contribution is -2.37. The predicted molar refractivity (Wildman–Crippen MR) is 69.8 cm³/mol.